The number of nitrogens with two attached hydrogens (primary N) is 1. The number of carbonyl (C=O) groups excluding carboxylic acids is 3. The Bertz CT molecular complexity index is 982. The number of aliphatic carboxylic acids is 1. The smallest absolute Gasteiger partial charge is 0.326 e. The van der Waals surface area contributed by atoms with E-state index in [1.165, 1.54) is 0 Å². The Kier molecular flexibility index (Phi) is 10.9. The molecule has 6 N–H and O–H groups in total. The molecule has 2 aromatic rings. The van der Waals surface area contributed by atoms with Gasteiger partial charge in [0.1, 0.15) is 18.1 Å². The Morgan fingerprint density at radius 2 is 1.17 bits per heavy atom. The van der Waals surface area contributed by atoms with Crippen molar-refractivity contribution >= 4 is 23.7 Å². The first-order valence-electron chi connectivity index (χ1n) is 11.6. The number of hydrogen-bond donors (Lipinski definition) is 5. The predicted molar refractivity (Wildman–Crippen MR) is 132 cm³/mol. The zero-order valence-corrected chi connectivity index (χ0v) is 20.1. The number of carboxylic acid groups (broad SMARTS) is 1. The molecule has 0 radical (unpaired) electrons. The molecule has 0 aromatic heterocycles. The zero-order chi connectivity index (χ0) is 25.8. The van der Waals surface area contributed by atoms with E-state index in [9.17, 15) is 24.3 Å². The van der Waals surface area contributed by atoms with E-state index in [1.54, 1.807) is 0 Å². The lowest BCUT2D eigenvalue weighted by atomic mass is 10.0. The molecule has 188 valence electrons. The molecule has 3 atom stereocenters. The van der Waals surface area contributed by atoms with Gasteiger partial charge in [-0.1, -0.05) is 74.5 Å². The Labute approximate surface area is 205 Å². The van der Waals surface area contributed by atoms with Crippen molar-refractivity contribution in [2.24, 2.45) is 11.7 Å². The maximum Gasteiger partial charge on any atom is 0.326 e. The number of carboxylic acids is 1. The molecule has 0 saturated heterocycles. The third-order valence-electron chi connectivity index (χ3n) is 5.36. The largest absolute Gasteiger partial charge is 0.480 e. The average molecular weight is 483 g/mol. The second-order valence-electron chi connectivity index (χ2n) is 8.79. The molecule has 0 heterocycles. The van der Waals surface area contributed by atoms with Gasteiger partial charge in [-0.25, -0.2) is 4.79 Å². The predicted octanol–water partition coefficient (Wildman–Crippen LogP) is 1.02. The lowest BCUT2D eigenvalue weighted by Crippen LogP contribution is -2.57. The summed E-state index contributed by atoms with van der Waals surface area (Å²) < 4.78 is 0. The van der Waals surface area contributed by atoms with Gasteiger partial charge < -0.3 is 26.8 Å². The van der Waals surface area contributed by atoms with Crippen molar-refractivity contribution in [1.29, 1.82) is 0 Å². The van der Waals surface area contributed by atoms with E-state index < -0.39 is 41.8 Å². The number of hydrogen-bond acceptors (Lipinski definition) is 5. The Morgan fingerprint density at radius 3 is 1.57 bits per heavy atom. The van der Waals surface area contributed by atoms with Crippen molar-refractivity contribution in [3.05, 3.63) is 71.8 Å². The summed E-state index contributed by atoms with van der Waals surface area (Å²) in [6.07, 6.45) is 0.592. The molecule has 0 aliphatic heterocycles. The number of nitrogens with one attached hydrogen (secondary N) is 3. The molecule has 2 aromatic carbocycles. The third-order valence-corrected chi connectivity index (χ3v) is 5.36. The van der Waals surface area contributed by atoms with Gasteiger partial charge in [0.2, 0.25) is 17.7 Å². The molecule has 3 amide bonds. The lowest BCUT2D eigenvalue weighted by Gasteiger charge is -2.25. The van der Waals surface area contributed by atoms with Crippen LogP contribution in [0.25, 0.3) is 0 Å². The van der Waals surface area contributed by atoms with Crippen LogP contribution in [0.3, 0.4) is 0 Å². The second kappa shape index (κ2) is 13.9. The molecule has 0 aliphatic carbocycles. The minimum atomic E-state index is -1.14. The van der Waals surface area contributed by atoms with Gasteiger partial charge in [0, 0.05) is 12.8 Å². The minimum Gasteiger partial charge on any atom is -0.480 e. The number of benzene rings is 2. The Balaban J connectivity index is 2.25. The first kappa shape index (κ1) is 27.5. The van der Waals surface area contributed by atoms with Crippen LogP contribution >= 0.6 is 0 Å². The average Bonchev–Trinajstić information content (AvgIpc) is 2.83. The summed E-state index contributed by atoms with van der Waals surface area (Å²) >= 11 is 0. The van der Waals surface area contributed by atoms with Gasteiger partial charge in [0.15, 0.2) is 0 Å². The maximum atomic E-state index is 13.2. The van der Waals surface area contributed by atoms with Gasteiger partial charge in [-0.3, -0.25) is 14.4 Å². The van der Waals surface area contributed by atoms with Crippen LogP contribution in [0.4, 0.5) is 0 Å². The van der Waals surface area contributed by atoms with Crippen LogP contribution in [0.2, 0.25) is 0 Å². The molecule has 2 rings (SSSR count). The third kappa shape index (κ3) is 9.58. The summed E-state index contributed by atoms with van der Waals surface area (Å²) in [5, 5.41) is 17.4. The van der Waals surface area contributed by atoms with E-state index in [0.717, 1.165) is 11.1 Å². The van der Waals surface area contributed by atoms with E-state index in [4.69, 9.17) is 5.73 Å². The highest BCUT2D eigenvalue weighted by molar-refractivity contribution is 5.93. The fraction of sp³-hybridized carbons (Fsp3) is 0.385. The highest BCUT2D eigenvalue weighted by Gasteiger charge is 2.30. The van der Waals surface area contributed by atoms with E-state index in [-0.39, 0.29) is 31.7 Å². The van der Waals surface area contributed by atoms with E-state index in [1.807, 2.05) is 74.5 Å². The van der Waals surface area contributed by atoms with E-state index in [2.05, 4.69) is 16.0 Å². The molecule has 9 nitrogen and oxygen atoms in total. The Hall–Kier alpha value is -3.72. The molecule has 0 fully saturated rings. The molecular weight excluding hydrogens is 448 g/mol. The van der Waals surface area contributed by atoms with Crippen LogP contribution in [0, 0.1) is 5.92 Å². The summed E-state index contributed by atoms with van der Waals surface area (Å²) in [4.78, 5) is 50.0. The second-order valence-corrected chi connectivity index (χ2v) is 8.79. The van der Waals surface area contributed by atoms with Crippen molar-refractivity contribution in [2.75, 3.05) is 6.54 Å². The van der Waals surface area contributed by atoms with Crippen molar-refractivity contribution in [1.82, 2.24) is 16.0 Å². The van der Waals surface area contributed by atoms with Crippen LogP contribution in [-0.4, -0.2) is 53.5 Å². The standard InChI is InChI=1S/C26H34N4O5/c1-17(2)13-22(26(34)35)30-25(33)21(15-19-11-7-4-8-12-19)29-24(32)20(28-23(31)16-27)14-18-9-5-3-6-10-18/h3-12,17,20-22H,13-16,27H2,1-2H3,(H,28,31)(H,29,32)(H,30,33)(H,34,35)/t20-,21-,22-/m0/s1. The van der Waals surface area contributed by atoms with Gasteiger partial charge in [0.25, 0.3) is 0 Å². The summed E-state index contributed by atoms with van der Waals surface area (Å²) in [5.41, 5.74) is 7.03. The van der Waals surface area contributed by atoms with Crippen LogP contribution in [0.15, 0.2) is 60.7 Å². The maximum absolute atomic E-state index is 13.2. The normalized spacial score (nSPS) is 13.4. The van der Waals surface area contributed by atoms with Gasteiger partial charge >= 0.3 is 5.97 Å². The number of carbonyl (C=O) groups is 4. The molecule has 0 spiro atoms. The summed E-state index contributed by atoms with van der Waals surface area (Å²) in [6, 6.07) is 15.1. The highest BCUT2D eigenvalue weighted by atomic mass is 16.4. The van der Waals surface area contributed by atoms with E-state index in [0.29, 0.717) is 0 Å². The fourth-order valence-electron chi connectivity index (χ4n) is 3.61. The summed E-state index contributed by atoms with van der Waals surface area (Å²) in [7, 11) is 0. The molecule has 0 saturated carbocycles. The molecule has 0 aliphatic rings. The minimum absolute atomic E-state index is 0.0419. The molecule has 0 bridgehead atoms. The zero-order valence-electron chi connectivity index (χ0n) is 20.1. The van der Waals surface area contributed by atoms with E-state index >= 15 is 0 Å². The van der Waals surface area contributed by atoms with Crippen molar-refractivity contribution in [3.8, 4) is 0 Å². The summed E-state index contributed by atoms with van der Waals surface area (Å²) in [6.45, 7) is 3.43. The van der Waals surface area contributed by atoms with Gasteiger partial charge in [-0.15, -0.1) is 0 Å². The first-order valence-corrected chi connectivity index (χ1v) is 11.6. The van der Waals surface area contributed by atoms with Crippen LogP contribution in [0.5, 0.6) is 0 Å². The van der Waals surface area contributed by atoms with Gasteiger partial charge in [-0.2, -0.15) is 0 Å². The first-order chi connectivity index (χ1) is 16.7. The van der Waals surface area contributed by atoms with Gasteiger partial charge in [0.05, 0.1) is 6.54 Å². The topological polar surface area (TPSA) is 151 Å². The van der Waals surface area contributed by atoms with Crippen LogP contribution in [0.1, 0.15) is 31.4 Å². The number of amides is 3. The van der Waals surface area contributed by atoms with Crippen LogP contribution in [-0.2, 0) is 32.0 Å². The van der Waals surface area contributed by atoms with Crippen LogP contribution < -0.4 is 21.7 Å². The highest BCUT2D eigenvalue weighted by Crippen LogP contribution is 2.09. The quantitative estimate of drug-likeness (QED) is 0.288. The van der Waals surface area contributed by atoms with Crippen molar-refractivity contribution < 1.29 is 24.3 Å². The molecule has 0 unspecified atom stereocenters. The van der Waals surface area contributed by atoms with Crippen molar-refractivity contribution in [2.45, 2.75) is 51.2 Å². The fourth-order valence-corrected chi connectivity index (χ4v) is 3.61. The molecule has 9 heteroatoms. The molecule has 35 heavy (non-hydrogen) atoms. The summed E-state index contributed by atoms with van der Waals surface area (Å²) in [5.74, 6) is -2.79. The SMILES string of the molecule is CC(C)C[C@H](NC(=O)[C@H](Cc1ccccc1)NC(=O)[C@H](Cc1ccccc1)NC(=O)CN)C(=O)O. The van der Waals surface area contributed by atoms with Gasteiger partial charge in [-0.05, 0) is 23.5 Å². The Morgan fingerprint density at radius 1 is 0.743 bits per heavy atom. The monoisotopic (exact) mass is 482 g/mol. The number of rotatable bonds is 13. The van der Waals surface area contributed by atoms with Crippen molar-refractivity contribution in [3.63, 3.8) is 0 Å². The lowest BCUT2D eigenvalue weighted by molar-refractivity contribution is -0.142. The molecular formula is C26H34N4O5.